The molecule has 1 aliphatic heterocycles. The monoisotopic (exact) mass is 448 g/mol. The van der Waals surface area contributed by atoms with Crippen molar-refractivity contribution < 1.29 is 13.2 Å². The van der Waals surface area contributed by atoms with Gasteiger partial charge in [0.05, 0.1) is 10.9 Å². The number of fused-ring (bicyclic) bond motifs is 1. The van der Waals surface area contributed by atoms with Crippen molar-refractivity contribution in [3.8, 4) is 0 Å². The van der Waals surface area contributed by atoms with E-state index in [1.165, 1.54) is 22.9 Å². The van der Waals surface area contributed by atoms with Crippen LogP contribution in [-0.2, 0) is 29.3 Å². The van der Waals surface area contributed by atoms with Crippen LogP contribution in [0.25, 0.3) is 0 Å². The molecule has 6 heteroatoms. The Balaban J connectivity index is 1.35. The Bertz CT molecular complexity index is 1200. The maximum atomic E-state index is 12.7. The van der Waals surface area contributed by atoms with Gasteiger partial charge in [-0.1, -0.05) is 48.5 Å². The maximum absolute atomic E-state index is 12.7. The first kappa shape index (κ1) is 22.2. The SMILES string of the molecule is C[C@@H](NC(=O)c1ccc(CN2CCc3ccccc3C2)cc1)c1ccc(S(C)(=O)=O)cc1. The molecule has 32 heavy (non-hydrogen) atoms. The zero-order chi connectivity index (χ0) is 22.7. The fourth-order valence-corrected chi connectivity index (χ4v) is 4.71. The highest BCUT2D eigenvalue weighted by molar-refractivity contribution is 7.90. The third-order valence-electron chi connectivity index (χ3n) is 5.99. The van der Waals surface area contributed by atoms with Crippen LogP contribution < -0.4 is 5.32 Å². The van der Waals surface area contributed by atoms with Gasteiger partial charge < -0.3 is 5.32 Å². The Hall–Kier alpha value is -2.96. The molecule has 0 unspecified atom stereocenters. The van der Waals surface area contributed by atoms with E-state index < -0.39 is 9.84 Å². The number of nitrogens with one attached hydrogen (secondary N) is 1. The van der Waals surface area contributed by atoms with Gasteiger partial charge >= 0.3 is 0 Å². The lowest BCUT2D eigenvalue weighted by Crippen LogP contribution is -2.30. The molecular weight excluding hydrogens is 420 g/mol. The predicted molar refractivity (Wildman–Crippen MR) is 126 cm³/mol. The van der Waals surface area contributed by atoms with Crippen LogP contribution in [-0.4, -0.2) is 32.0 Å². The van der Waals surface area contributed by atoms with E-state index >= 15 is 0 Å². The lowest BCUT2D eigenvalue weighted by molar-refractivity contribution is 0.0940. The fraction of sp³-hybridized carbons (Fsp3) is 0.269. The van der Waals surface area contributed by atoms with Crippen molar-refractivity contribution in [1.29, 1.82) is 0 Å². The summed E-state index contributed by atoms with van der Waals surface area (Å²) in [6, 6.07) is 22.7. The molecule has 0 fully saturated rings. The van der Waals surface area contributed by atoms with E-state index in [-0.39, 0.29) is 16.8 Å². The summed E-state index contributed by atoms with van der Waals surface area (Å²) in [5.74, 6) is -0.150. The van der Waals surface area contributed by atoms with Crippen LogP contribution >= 0.6 is 0 Å². The third-order valence-corrected chi connectivity index (χ3v) is 7.12. The molecule has 1 atom stereocenters. The van der Waals surface area contributed by atoms with Gasteiger partial charge in [-0.2, -0.15) is 0 Å². The smallest absolute Gasteiger partial charge is 0.251 e. The highest BCUT2D eigenvalue weighted by Gasteiger charge is 2.17. The number of benzene rings is 3. The van der Waals surface area contributed by atoms with Crippen molar-refractivity contribution in [3.63, 3.8) is 0 Å². The van der Waals surface area contributed by atoms with Crippen molar-refractivity contribution in [1.82, 2.24) is 10.2 Å². The van der Waals surface area contributed by atoms with Crippen LogP contribution in [0.4, 0.5) is 0 Å². The molecule has 0 bridgehead atoms. The van der Waals surface area contributed by atoms with Gasteiger partial charge in [-0.05, 0) is 59.9 Å². The number of carbonyl (C=O) groups is 1. The van der Waals surface area contributed by atoms with Gasteiger partial charge in [0.15, 0.2) is 9.84 Å². The van der Waals surface area contributed by atoms with Crippen LogP contribution in [0.1, 0.15) is 45.6 Å². The van der Waals surface area contributed by atoms with Gasteiger partial charge in [-0.3, -0.25) is 9.69 Å². The highest BCUT2D eigenvalue weighted by Crippen LogP contribution is 2.21. The van der Waals surface area contributed by atoms with E-state index in [1.807, 2.05) is 31.2 Å². The molecule has 1 N–H and O–H groups in total. The first-order valence-corrected chi connectivity index (χ1v) is 12.7. The quantitative estimate of drug-likeness (QED) is 0.616. The summed E-state index contributed by atoms with van der Waals surface area (Å²) in [5, 5.41) is 2.98. The molecule has 3 aromatic carbocycles. The minimum Gasteiger partial charge on any atom is -0.346 e. The van der Waals surface area contributed by atoms with Crippen LogP contribution in [0.5, 0.6) is 0 Å². The van der Waals surface area contributed by atoms with E-state index in [0.717, 1.165) is 31.6 Å². The van der Waals surface area contributed by atoms with Crippen molar-refractivity contribution in [2.24, 2.45) is 0 Å². The molecule has 1 aliphatic rings. The molecular formula is C26H28N2O3S. The van der Waals surface area contributed by atoms with Crippen molar-refractivity contribution in [2.75, 3.05) is 12.8 Å². The normalized spacial score (nSPS) is 15.1. The summed E-state index contributed by atoms with van der Waals surface area (Å²) in [7, 11) is -3.23. The fourth-order valence-electron chi connectivity index (χ4n) is 4.08. The van der Waals surface area contributed by atoms with Crippen LogP contribution in [0.3, 0.4) is 0 Å². The molecule has 4 rings (SSSR count). The Morgan fingerprint density at radius 2 is 1.62 bits per heavy atom. The van der Waals surface area contributed by atoms with Crippen LogP contribution in [0, 0.1) is 0 Å². The molecule has 166 valence electrons. The first-order valence-electron chi connectivity index (χ1n) is 10.8. The van der Waals surface area contributed by atoms with E-state index in [4.69, 9.17) is 0 Å². The van der Waals surface area contributed by atoms with E-state index in [9.17, 15) is 13.2 Å². The molecule has 3 aromatic rings. The maximum Gasteiger partial charge on any atom is 0.251 e. The minimum absolute atomic E-state index is 0.150. The van der Waals surface area contributed by atoms with Crippen LogP contribution in [0.2, 0.25) is 0 Å². The van der Waals surface area contributed by atoms with Crippen molar-refractivity contribution in [3.05, 3.63) is 101 Å². The molecule has 0 radical (unpaired) electrons. The second-order valence-corrected chi connectivity index (χ2v) is 10.5. The Morgan fingerprint density at radius 3 is 2.28 bits per heavy atom. The number of rotatable bonds is 6. The Morgan fingerprint density at radius 1 is 0.969 bits per heavy atom. The minimum atomic E-state index is -3.23. The van der Waals surface area contributed by atoms with Gasteiger partial charge in [-0.15, -0.1) is 0 Å². The predicted octanol–water partition coefficient (Wildman–Crippen LogP) is 4.14. The summed E-state index contributed by atoms with van der Waals surface area (Å²) >= 11 is 0. The molecule has 0 aliphatic carbocycles. The number of nitrogens with zero attached hydrogens (tertiary/aromatic N) is 1. The third kappa shape index (κ3) is 5.26. The van der Waals surface area contributed by atoms with Crippen LogP contribution in [0.15, 0.2) is 77.7 Å². The zero-order valence-electron chi connectivity index (χ0n) is 18.4. The zero-order valence-corrected chi connectivity index (χ0v) is 19.2. The van der Waals surface area contributed by atoms with Gasteiger partial charge in [0, 0.05) is 31.5 Å². The van der Waals surface area contributed by atoms with Gasteiger partial charge in [0.25, 0.3) is 5.91 Å². The molecule has 0 spiro atoms. The lowest BCUT2D eigenvalue weighted by Gasteiger charge is -2.28. The number of hydrogen-bond donors (Lipinski definition) is 1. The van der Waals surface area contributed by atoms with Crippen molar-refractivity contribution in [2.45, 2.75) is 37.4 Å². The second kappa shape index (κ2) is 9.27. The highest BCUT2D eigenvalue weighted by atomic mass is 32.2. The average molecular weight is 449 g/mol. The topological polar surface area (TPSA) is 66.5 Å². The lowest BCUT2D eigenvalue weighted by atomic mass is 9.99. The van der Waals surface area contributed by atoms with Crippen molar-refractivity contribution >= 4 is 15.7 Å². The van der Waals surface area contributed by atoms with Gasteiger partial charge in [-0.25, -0.2) is 8.42 Å². The first-order chi connectivity index (χ1) is 15.3. The number of amides is 1. The standard InChI is InChI=1S/C26H28N2O3S/c1-19(21-11-13-25(14-12-21)32(2,30)31)27-26(29)23-9-7-20(8-10-23)17-28-16-15-22-5-3-4-6-24(22)18-28/h3-14,19H,15-18H2,1-2H3,(H,27,29)/t19-/m1/s1. The largest absolute Gasteiger partial charge is 0.346 e. The molecule has 0 saturated carbocycles. The summed E-state index contributed by atoms with van der Waals surface area (Å²) in [5.41, 5.74) is 5.49. The summed E-state index contributed by atoms with van der Waals surface area (Å²) in [6.45, 7) is 4.73. The average Bonchev–Trinajstić information content (AvgIpc) is 2.79. The Kier molecular flexibility index (Phi) is 6.44. The molecule has 1 heterocycles. The molecule has 5 nitrogen and oxygen atoms in total. The van der Waals surface area contributed by atoms with Gasteiger partial charge in [0.2, 0.25) is 0 Å². The Labute approximate surface area is 190 Å². The molecule has 0 aromatic heterocycles. The molecule has 0 saturated heterocycles. The second-order valence-electron chi connectivity index (χ2n) is 8.46. The van der Waals surface area contributed by atoms with Gasteiger partial charge in [0.1, 0.15) is 0 Å². The van der Waals surface area contributed by atoms with E-state index in [0.29, 0.717) is 5.56 Å². The summed E-state index contributed by atoms with van der Waals surface area (Å²) in [4.78, 5) is 15.4. The molecule has 1 amide bonds. The van der Waals surface area contributed by atoms with E-state index in [2.05, 4.69) is 34.5 Å². The number of carbonyl (C=O) groups excluding carboxylic acids is 1. The van der Waals surface area contributed by atoms with E-state index in [1.54, 1.807) is 24.3 Å². The number of hydrogen-bond acceptors (Lipinski definition) is 4. The number of sulfone groups is 1. The summed E-state index contributed by atoms with van der Waals surface area (Å²) in [6.07, 6.45) is 2.25. The summed E-state index contributed by atoms with van der Waals surface area (Å²) < 4.78 is 23.2.